The predicted octanol–water partition coefficient (Wildman–Crippen LogP) is 3.23. The first-order chi connectivity index (χ1) is 11.2. The second-order valence-electron chi connectivity index (χ2n) is 6.29. The lowest BCUT2D eigenvalue weighted by Crippen LogP contribution is -2.39. The molecule has 1 heterocycles. The van der Waals surface area contributed by atoms with Crippen LogP contribution >= 0.6 is 24.0 Å². The molecule has 0 radical (unpaired) electrons. The normalized spacial score (nSPS) is 11.5. The first kappa shape index (κ1) is 23.1. The molecule has 0 saturated heterocycles. The van der Waals surface area contributed by atoms with E-state index >= 15 is 0 Å². The highest BCUT2D eigenvalue weighted by molar-refractivity contribution is 14.0. The number of nitrogens with one attached hydrogen (secondary N) is 2. The molecule has 0 fully saturated rings. The summed E-state index contributed by atoms with van der Waals surface area (Å²) in [6.07, 6.45) is 7.75. The smallest absolute Gasteiger partial charge is 0.191 e. The quantitative estimate of drug-likeness (QED) is 0.235. The Labute approximate surface area is 164 Å². The lowest BCUT2D eigenvalue weighted by molar-refractivity contribution is 0.612. The number of rotatable bonds is 11. The molecule has 0 saturated carbocycles. The molecule has 140 valence electrons. The SMILES string of the molecule is CCCCCCNC(=NCC(C)C)NCCn1cnnc1CC.I. The van der Waals surface area contributed by atoms with Gasteiger partial charge in [-0.25, -0.2) is 0 Å². The lowest BCUT2D eigenvalue weighted by atomic mass is 10.2. The van der Waals surface area contributed by atoms with Gasteiger partial charge in [0.05, 0.1) is 0 Å². The third kappa shape index (κ3) is 10.1. The predicted molar refractivity (Wildman–Crippen MR) is 112 cm³/mol. The molecule has 6 nitrogen and oxygen atoms in total. The van der Waals surface area contributed by atoms with Crippen LogP contribution < -0.4 is 10.6 Å². The van der Waals surface area contributed by atoms with E-state index in [1.165, 1.54) is 25.7 Å². The molecule has 0 bridgehead atoms. The molecule has 0 atom stereocenters. The van der Waals surface area contributed by atoms with Gasteiger partial charge in [-0.1, -0.05) is 47.0 Å². The van der Waals surface area contributed by atoms with Crippen molar-refractivity contribution < 1.29 is 0 Å². The van der Waals surface area contributed by atoms with Gasteiger partial charge in [-0.3, -0.25) is 4.99 Å². The Kier molecular flexibility index (Phi) is 14.0. The molecule has 0 aliphatic heterocycles. The minimum Gasteiger partial charge on any atom is -0.356 e. The molecule has 1 aromatic heterocycles. The summed E-state index contributed by atoms with van der Waals surface area (Å²) in [7, 11) is 0. The molecule has 0 aliphatic rings. The topological polar surface area (TPSA) is 67.1 Å². The van der Waals surface area contributed by atoms with Crippen molar-refractivity contribution in [1.29, 1.82) is 0 Å². The van der Waals surface area contributed by atoms with Gasteiger partial charge in [0.15, 0.2) is 5.96 Å². The fraction of sp³-hybridized carbons (Fsp3) is 0.824. The number of halogens is 1. The van der Waals surface area contributed by atoms with Crippen LogP contribution in [0.1, 0.15) is 59.2 Å². The van der Waals surface area contributed by atoms with Gasteiger partial charge in [0, 0.05) is 32.6 Å². The summed E-state index contributed by atoms with van der Waals surface area (Å²) in [5.74, 6) is 2.51. The van der Waals surface area contributed by atoms with Crippen LogP contribution in [0.5, 0.6) is 0 Å². The number of aryl methyl sites for hydroxylation is 1. The number of nitrogens with zero attached hydrogens (tertiary/aromatic N) is 4. The molecule has 1 rings (SSSR count). The van der Waals surface area contributed by atoms with Crippen molar-refractivity contribution in [2.24, 2.45) is 10.9 Å². The van der Waals surface area contributed by atoms with Crippen LogP contribution in [0.3, 0.4) is 0 Å². The summed E-state index contributed by atoms with van der Waals surface area (Å²) in [4.78, 5) is 4.66. The third-order valence-corrected chi connectivity index (χ3v) is 3.59. The summed E-state index contributed by atoms with van der Waals surface area (Å²) >= 11 is 0. The Morgan fingerprint density at radius 2 is 1.92 bits per heavy atom. The molecule has 2 N–H and O–H groups in total. The van der Waals surface area contributed by atoms with Crippen LogP contribution in [0, 0.1) is 5.92 Å². The van der Waals surface area contributed by atoms with Crippen LogP contribution in [-0.4, -0.2) is 40.4 Å². The minimum absolute atomic E-state index is 0. The average molecular weight is 450 g/mol. The number of unbranched alkanes of at least 4 members (excludes halogenated alkanes) is 3. The highest BCUT2D eigenvalue weighted by Gasteiger charge is 2.03. The lowest BCUT2D eigenvalue weighted by Gasteiger charge is -2.14. The first-order valence-electron chi connectivity index (χ1n) is 9.06. The Balaban J connectivity index is 0.00000529. The van der Waals surface area contributed by atoms with Crippen molar-refractivity contribution in [3.8, 4) is 0 Å². The molecule has 0 aromatic carbocycles. The van der Waals surface area contributed by atoms with Gasteiger partial charge < -0.3 is 15.2 Å². The Hall–Kier alpha value is -0.860. The maximum atomic E-state index is 4.66. The second kappa shape index (κ2) is 14.5. The molecule has 24 heavy (non-hydrogen) atoms. The van der Waals surface area contributed by atoms with Crippen LogP contribution in [0.2, 0.25) is 0 Å². The van der Waals surface area contributed by atoms with Gasteiger partial charge in [-0.2, -0.15) is 0 Å². The number of hydrogen-bond acceptors (Lipinski definition) is 3. The third-order valence-electron chi connectivity index (χ3n) is 3.59. The molecular formula is C17H35IN6. The Bertz CT molecular complexity index is 444. The fourth-order valence-electron chi connectivity index (χ4n) is 2.24. The van der Waals surface area contributed by atoms with Crippen molar-refractivity contribution in [3.63, 3.8) is 0 Å². The first-order valence-corrected chi connectivity index (χ1v) is 9.06. The van der Waals surface area contributed by atoms with E-state index in [1.807, 2.05) is 0 Å². The maximum Gasteiger partial charge on any atom is 0.191 e. The minimum atomic E-state index is 0. The van der Waals surface area contributed by atoms with Crippen LogP contribution in [0.15, 0.2) is 11.3 Å². The van der Waals surface area contributed by atoms with Gasteiger partial charge in [0.2, 0.25) is 0 Å². The summed E-state index contributed by atoms with van der Waals surface area (Å²) < 4.78 is 2.09. The molecule has 0 amide bonds. The zero-order valence-electron chi connectivity index (χ0n) is 15.7. The van der Waals surface area contributed by atoms with E-state index in [0.29, 0.717) is 5.92 Å². The van der Waals surface area contributed by atoms with Crippen molar-refractivity contribution in [2.75, 3.05) is 19.6 Å². The fourth-order valence-corrected chi connectivity index (χ4v) is 2.24. The highest BCUT2D eigenvalue weighted by atomic mass is 127. The molecule has 0 aliphatic carbocycles. The zero-order valence-corrected chi connectivity index (χ0v) is 18.0. The summed E-state index contributed by atoms with van der Waals surface area (Å²) in [5, 5.41) is 14.9. The van der Waals surface area contributed by atoms with E-state index in [0.717, 1.165) is 44.4 Å². The number of hydrogen-bond donors (Lipinski definition) is 2. The summed E-state index contributed by atoms with van der Waals surface area (Å²) in [6, 6.07) is 0. The van der Waals surface area contributed by atoms with E-state index in [4.69, 9.17) is 0 Å². The monoisotopic (exact) mass is 450 g/mol. The van der Waals surface area contributed by atoms with Crippen LogP contribution in [0.25, 0.3) is 0 Å². The highest BCUT2D eigenvalue weighted by Crippen LogP contribution is 1.98. The molecule has 7 heteroatoms. The molecule has 0 spiro atoms. The second-order valence-corrected chi connectivity index (χ2v) is 6.29. The van der Waals surface area contributed by atoms with Crippen LogP contribution in [0.4, 0.5) is 0 Å². The number of aliphatic imine (C=N–C) groups is 1. The Morgan fingerprint density at radius 1 is 1.17 bits per heavy atom. The summed E-state index contributed by atoms with van der Waals surface area (Å²) in [6.45, 7) is 12.2. The van der Waals surface area contributed by atoms with Crippen molar-refractivity contribution in [1.82, 2.24) is 25.4 Å². The van der Waals surface area contributed by atoms with Gasteiger partial charge in [-0.15, -0.1) is 34.2 Å². The van der Waals surface area contributed by atoms with Gasteiger partial charge >= 0.3 is 0 Å². The van der Waals surface area contributed by atoms with E-state index < -0.39 is 0 Å². The van der Waals surface area contributed by atoms with Crippen molar-refractivity contribution in [3.05, 3.63) is 12.2 Å². The van der Waals surface area contributed by atoms with E-state index in [9.17, 15) is 0 Å². The molecule has 0 unspecified atom stereocenters. The number of guanidine groups is 1. The summed E-state index contributed by atoms with van der Waals surface area (Å²) in [5.41, 5.74) is 0. The molecule has 1 aromatic rings. The van der Waals surface area contributed by atoms with Gasteiger partial charge in [0.25, 0.3) is 0 Å². The van der Waals surface area contributed by atoms with E-state index in [1.54, 1.807) is 6.33 Å². The maximum absolute atomic E-state index is 4.66. The van der Waals surface area contributed by atoms with Gasteiger partial charge in [-0.05, 0) is 12.3 Å². The van der Waals surface area contributed by atoms with Crippen LogP contribution in [-0.2, 0) is 13.0 Å². The number of aromatic nitrogens is 3. The Morgan fingerprint density at radius 3 is 2.58 bits per heavy atom. The van der Waals surface area contributed by atoms with Gasteiger partial charge in [0.1, 0.15) is 12.2 Å². The largest absolute Gasteiger partial charge is 0.356 e. The van der Waals surface area contributed by atoms with E-state index in [-0.39, 0.29) is 24.0 Å². The van der Waals surface area contributed by atoms with E-state index in [2.05, 4.69) is 58.1 Å². The zero-order chi connectivity index (χ0) is 16.9. The standard InChI is InChI=1S/C17H34N6.HI/c1-5-7-8-9-10-18-17(20-13-15(3)4)19-11-12-23-14-21-22-16(23)6-2;/h14-15H,5-13H2,1-4H3,(H2,18,19,20);1H. The average Bonchev–Trinajstić information content (AvgIpc) is 2.99. The molecular weight excluding hydrogens is 415 g/mol. The van der Waals surface area contributed by atoms with Crippen molar-refractivity contribution >= 4 is 29.9 Å². The van der Waals surface area contributed by atoms with Crippen molar-refractivity contribution in [2.45, 2.75) is 66.3 Å².